The number of carbonyl (C=O) groups excluding carboxylic acids is 2. The van der Waals surface area contributed by atoms with Crippen molar-refractivity contribution >= 4 is 18.0 Å². The van der Waals surface area contributed by atoms with Gasteiger partial charge < -0.3 is 9.47 Å². The summed E-state index contributed by atoms with van der Waals surface area (Å²) in [4.78, 5) is 23.9. The van der Waals surface area contributed by atoms with Crippen LogP contribution in [0.4, 0.5) is 0 Å². The van der Waals surface area contributed by atoms with Crippen molar-refractivity contribution in [2.75, 3.05) is 14.2 Å². The predicted molar refractivity (Wildman–Crippen MR) is 80.3 cm³/mol. The van der Waals surface area contributed by atoms with Gasteiger partial charge in [0.25, 0.3) is 0 Å². The molecule has 0 amide bonds. The molecule has 112 valence electrons. The van der Waals surface area contributed by atoms with Crippen molar-refractivity contribution in [3.63, 3.8) is 0 Å². The summed E-state index contributed by atoms with van der Waals surface area (Å²) in [5, 5.41) is 0. The average Bonchev–Trinajstić information content (AvgIpc) is 2.53. The van der Waals surface area contributed by atoms with E-state index in [4.69, 9.17) is 9.47 Å². The van der Waals surface area contributed by atoms with E-state index in [-0.39, 0.29) is 0 Å². The summed E-state index contributed by atoms with van der Waals surface area (Å²) in [5.41, 5.74) is 2.60. The molecule has 1 aromatic carbocycles. The van der Waals surface area contributed by atoms with Crippen molar-refractivity contribution in [1.82, 2.24) is 0 Å². The maximum Gasteiger partial charge on any atom is 0.323 e. The van der Waals surface area contributed by atoms with Gasteiger partial charge >= 0.3 is 11.9 Å². The summed E-state index contributed by atoms with van der Waals surface area (Å²) in [6.45, 7) is 3.26. The van der Waals surface area contributed by atoms with E-state index in [2.05, 4.69) is 5.73 Å². The lowest BCUT2D eigenvalue weighted by Crippen LogP contribution is -2.43. The molecule has 4 heteroatoms. The molecule has 0 radical (unpaired) electrons. The van der Waals surface area contributed by atoms with E-state index in [9.17, 15) is 9.59 Å². The lowest BCUT2D eigenvalue weighted by atomic mass is 9.78. The van der Waals surface area contributed by atoms with Crippen LogP contribution in [-0.2, 0) is 19.1 Å². The van der Waals surface area contributed by atoms with Gasteiger partial charge in [-0.05, 0) is 24.6 Å². The number of allylic oxidation sites excluding steroid dienone is 1. The van der Waals surface area contributed by atoms with Crippen LogP contribution in [0.5, 0.6) is 0 Å². The van der Waals surface area contributed by atoms with Crippen molar-refractivity contribution in [3.05, 3.63) is 47.7 Å². The minimum atomic E-state index is -1.39. The molecule has 1 aromatic rings. The second kappa shape index (κ2) is 7.46. The van der Waals surface area contributed by atoms with E-state index in [0.717, 1.165) is 5.56 Å². The highest BCUT2D eigenvalue weighted by molar-refractivity contribution is 6.00. The van der Waals surface area contributed by atoms with E-state index >= 15 is 0 Å². The van der Waals surface area contributed by atoms with E-state index in [0.29, 0.717) is 0 Å². The van der Waals surface area contributed by atoms with Gasteiger partial charge in [0, 0.05) is 5.92 Å². The molecule has 0 fully saturated rings. The molecule has 0 aliphatic heterocycles. The average molecular weight is 288 g/mol. The number of hydrogen-bond acceptors (Lipinski definition) is 4. The van der Waals surface area contributed by atoms with Crippen LogP contribution < -0.4 is 0 Å². The second-order valence-corrected chi connectivity index (χ2v) is 4.86. The topological polar surface area (TPSA) is 52.6 Å². The summed E-state index contributed by atoms with van der Waals surface area (Å²) < 4.78 is 9.45. The van der Waals surface area contributed by atoms with Gasteiger partial charge in [-0.15, -0.1) is 5.73 Å². The third kappa shape index (κ3) is 3.83. The summed E-state index contributed by atoms with van der Waals surface area (Å²) in [6, 6.07) is 9.64. The van der Waals surface area contributed by atoms with Crippen LogP contribution in [0.15, 0.2) is 42.1 Å². The highest BCUT2D eigenvalue weighted by atomic mass is 16.5. The fraction of sp³-hybridized carbons (Fsp3) is 0.353. The molecule has 0 spiro atoms. The van der Waals surface area contributed by atoms with Gasteiger partial charge in [0.15, 0.2) is 5.41 Å². The summed E-state index contributed by atoms with van der Waals surface area (Å²) in [7, 11) is 2.50. The van der Waals surface area contributed by atoms with E-state index in [1.54, 1.807) is 19.1 Å². The molecule has 0 saturated carbocycles. The molecule has 1 rings (SSSR count). The Hall–Kier alpha value is -2.32. The largest absolute Gasteiger partial charge is 0.468 e. The number of carbonyl (C=O) groups is 2. The van der Waals surface area contributed by atoms with Crippen LogP contribution >= 0.6 is 0 Å². The fourth-order valence-corrected chi connectivity index (χ4v) is 1.88. The van der Waals surface area contributed by atoms with Crippen molar-refractivity contribution < 1.29 is 19.1 Å². The predicted octanol–water partition coefficient (Wildman–Crippen LogP) is 2.84. The smallest absolute Gasteiger partial charge is 0.323 e. The molecule has 0 heterocycles. The SMILES string of the molecule is COC(=O)C(C)(C(=O)OC)C(C)C=C=Cc1ccccc1. The van der Waals surface area contributed by atoms with Gasteiger partial charge in [-0.3, -0.25) is 9.59 Å². The first-order valence-corrected chi connectivity index (χ1v) is 6.61. The zero-order chi connectivity index (χ0) is 15.9. The Morgan fingerprint density at radius 2 is 1.67 bits per heavy atom. The van der Waals surface area contributed by atoms with Crippen LogP contribution in [0, 0.1) is 11.3 Å². The van der Waals surface area contributed by atoms with Crippen molar-refractivity contribution in [3.8, 4) is 0 Å². The lowest BCUT2D eigenvalue weighted by molar-refractivity contribution is -0.170. The highest BCUT2D eigenvalue weighted by Crippen LogP contribution is 2.31. The van der Waals surface area contributed by atoms with Crippen LogP contribution in [0.1, 0.15) is 19.4 Å². The number of ether oxygens (including phenoxy) is 2. The maximum absolute atomic E-state index is 11.9. The Balaban J connectivity index is 3.02. The van der Waals surface area contributed by atoms with Crippen LogP contribution in [0.2, 0.25) is 0 Å². The first kappa shape index (κ1) is 16.7. The molecule has 4 nitrogen and oxygen atoms in total. The van der Waals surface area contributed by atoms with Gasteiger partial charge in [0.2, 0.25) is 0 Å². The van der Waals surface area contributed by atoms with Gasteiger partial charge in [-0.1, -0.05) is 37.3 Å². The number of methoxy groups -OCH3 is 2. The zero-order valence-electron chi connectivity index (χ0n) is 12.8. The Kier molecular flexibility index (Phi) is 5.94. The molecule has 0 aliphatic rings. The Bertz CT molecular complexity index is 537. The van der Waals surface area contributed by atoms with Gasteiger partial charge in [-0.2, -0.15) is 0 Å². The van der Waals surface area contributed by atoms with E-state index in [1.807, 2.05) is 30.3 Å². The monoisotopic (exact) mass is 288 g/mol. The molecular weight excluding hydrogens is 268 g/mol. The third-order valence-corrected chi connectivity index (χ3v) is 3.53. The van der Waals surface area contributed by atoms with Crippen LogP contribution in [0.25, 0.3) is 6.08 Å². The molecule has 1 atom stereocenters. The van der Waals surface area contributed by atoms with Gasteiger partial charge in [0.05, 0.1) is 14.2 Å². The van der Waals surface area contributed by atoms with Crippen LogP contribution in [0.3, 0.4) is 0 Å². The van der Waals surface area contributed by atoms with E-state index < -0.39 is 23.3 Å². The Labute approximate surface area is 125 Å². The first-order valence-electron chi connectivity index (χ1n) is 6.61. The first-order chi connectivity index (χ1) is 9.96. The zero-order valence-corrected chi connectivity index (χ0v) is 12.8. The number of benzene rings is 1. The highest BCUT2D eigenvalue weighted by Gasteiger charge is 2.47. The molecule has 21 heavy (non-hydrogen) atoms. The molecule has 0 bridgehead atoms. The minimum absolute atomic E-state index is 0.419. The standard InChI is InChI=1S/C17H20O4/c1-13(9-8-12-14-10-6-5-7-11-14)17(2,15(18)20-3)16(19)21-4/h5-7,9-13H,1-4H3. The number of esters is 2. The molecule has 0 aromatic heterocycles. The van der Waals surface area contributed by atoms with Crippen molar-refractivity contribution in [1.29, 1.82) is 0 Å². The molecule has 1 unspecified atom stereocenters. The maximum atomic E-state index is 11.9. The Morgan fingerprint density at radius 3 is 2.14 bits per heavy atom. The minimum Gasteiger partial charge on any atom is -0.468 e. The van der Waals surface area contributed by atoms with Crippen molar-refractivity contribution in [2.24, 2.45) is 11.3 Å². The molecular formula is C17H20O4. The van der Waals surface area contributed by atoms with Gasteiger partial charge in [-0.25, -0.2) is 0 Å². The Morgan fingerprint density at radius 1 is 1.14 bits per heavy atom. The number of rotatable bonds is 5. The van der Waals surface area contributed by atoms with Gasteiger partial charge in [0.1, 0.15) is 0 Å². The molecule has 0 saturated heterocycles. The summed E-state index contributed by atoms with van der Waals surface area (Å²) in [6.07, 6.45) is 3.45. The fourth-order valence-electron chi connectivity index (χ4n) is 1.88. The quantitative estimate of drug-likeness (QED) is 0.475. The van der Waals surface area contributed by atoms with Crippen LogP contribution in [-0.4, -0.2) is 26.2 Å². The molecule has 0 N–H and O–H groups in total. The summed E-state index contributed by atoms with van der Waals surface area (Å²) >= 11 is 0. The van der Waals surface area contributed by atoms with Crippen molar-refractivity contribution in [2.45, 2.75) is 13.8 Å². The second-order valence-electron chi connectivity index (χ2n) is 4.86. The summed E-state index contributed by atoms with van der Waals surface area (Å²) in [5.74, 6) is -1.67. The molecule has 0 aliphatic carbocycles. The third-order valence-electron chi connectivity index (χ3n) is 3.53. The lowest BCUT2D eigenvalue weighted by Gasteiger charge is -2.27. The normalized spacial score (nSPS) is 11.8. The number of hydrogen-bond donors (Lipinski definition) is 0. The van der Waals surface area contributed by atoms with E-state index in [1.165, 1.54) is 21.1 Å².